The summed E-state index contributed by atoms with van der Waals surface area (Å²) in [6, 6.07) is 0. The molecule has 5 heteroatoms. The molecule has 0 fully saturated rings. The topological polar surface area (TPSA) is 58.6 Å². The highest BCUT2D eigenvalue weighted by molar-refractivity contribution is 7.36. The molecule has 0 aliphatic carbocycles. The van der Waals surface area contributed by atoms with Crippen molar-refractivity contribution in [3.8, 4) is 0 Å². The van der Waals surface area contributed by atoms with Crippen molar-refractivity contribution in [3.63, 3.8) is 0 Å². The van der Waals surface area contributed by atoms with Crippen molar-refractivity contribution in [2.24, 2.45) is 5.41 Å². The van der Waals surface area contributed by atoms with Gasteiger partial charge in [-0.2, -0.15) is 0 Å². The van der Waals surface area contributed by atoms with Gasteiger partial charge in [-0.1, -0.05) is 18.4 Å². The smallest absolute Gasteiger partial charge is 0.309 e. The lowest BCUT2D eigenvalue weighted by Crippen LogP contribution is -2.40. The Balaban J connectivity index is 4.73. The first kappa shape index (κ1) is 14.0. The van der Waals surface area contributed by atoms with Gasteiger partial charge in [-0.05, 0) is 12.8 Å². The Bertz CT molecular complexity index is 176. The second-order valence-electron chi connectivity index (χ2n) is 3.36. The van der Waals surface area contributed by atoms with Gasteiger partial charge in [0, 0.05) is 14.2 Å². The molecule has 0 bridgehead atoms. The van der Waals surface area contributed by atoms with E-state index >= 15 is 0 Å². The molecule has 1 atom stereocenters. The molecule has 0 spiro atoms. The molecule has 0 aromatic rings. The Morgan fingerprint density at radius 3 is 1.93 bits per heavy atom. The van der Waals surface area contributed by atoms with Crippen LogP contribution < -0.4 is 4.89 Å². The van der Waals surface area contributed by atoms with Crippen LogP contribution in [-0.4, -0.2) is 26.7 Å². The number of hydrogen-bond acceptors (Lipinski definition) is 4. The van der Waals surface area contributed by atoms with Gasteiger partial charge in [0.2, 0.25) is 0 Å². The predicted molar refractivity (Wildman–Crippen MR) is 53.3 cm³/mol. The van der Waals surface area contributed by atoms with E-state index in [1.807, 2.05) is 13.8 Å². The highest BCUT2D eigenvalue weighted by Gasteiger charge is 2.41. The molecule has 0 saturated heterocycles. The summed E-state index contributed by atoms with van der Waals surface area (Å²) >= 11 is 0. The minimum Gasteiger partial charge on any atom is -0.596 e. The first-order valence-corrected chi connectivity index (χ1v) is 6.10. The third kappa shape index (κ3) is 3.28. The summed E-state index contributed by atoms with van der Waals surface area (Å²) in [5, 5.41) is 0. The van der Waals surface area contributed by atoms with E-state index in [2.05, 4.69) is 0 Å². The molecule has 0 aromatic carbocycles. The van der Waals surface area contributed by atoms with Crippen LogP contribution in [0.2, 0.25) is 0 Å². The van der Waals surface area contributed by atoms with Crippen molar-refractivity contribution in [1.82, 2.24) is 0 Å². The van der Waals surface area contributed by atoms with E-state index in [1.54, 1.807) is 0 Å². The molecule has 0 N–H and O–H groups in total. The summed E-state index contributed by atoms with van der Waals surface area (Å²) in [4.78, 5) is 10.8. The molecule has 0 heterocycles. The molecular weight excluding hydrogens is 203 g/mol. The fraction of sp³-hybridized carbons (Fsp3) is 1.00. The van der Waals surface area contributed by atoms with E-state index in [0.29, 0.717) is 0 Å². The highest BCUT2D eigenvalue weighted by Crippen LogP contribution is 2.38. The van der Waals surface area contributed by atoms with Crippen LogP contribution in [0.3, 0.4) is 0 Å². The molecule has 0 amide bonds. The lowest BCUT2D eigenvalue weighted by molar-refractivity contribution is -0.188. The van der Waals surface area contributed by atoms with E-state index in [4.69, 9.17) is 9.47 Å². The van der Waals surface area contributed by atoms with E-state index < -0.39 is 19.7 Å². The molecule has 0 aromatic heterocycles. The Labute approximate surface area is 86.5 Å². The molecular formula is C9H19O4P. The molecule has 0 rings (SSSR count). The summed E-state index contributed by atoms with van der Waals surface area (Å²) < 4.78 is 21.1. The van der Waals surface area contributed by atoms with Crippen LogP contribution in [0.4, 0.5) is 0 Å². The molecule has 0 radical (unpaired) electrons. The molecule has 14 heavy (non-hydrogen) atoms. The van der Waals surface area contributed by atoms with E-state index in [1.165, 1.54) is 14.2 Å². The van der Waals surface area contributed by atoms with Crippen molar-refractivity contribution < 1.29 is 18.9 Å². The van der Waals surface area contributed by atoms with Gasteiger partial charge in [0.1, 0.15) is 0 Å². The Morgan fingerprint density at radius 1 is 1.29 bits per heavy atom. The normalized spacial score (nSPS) is 13.4. The zero-order chi connectivity index (χ0) is 11.2. The second-order valence-corrected chi connectivity index (χ2v) is 4.35. The standard InChI is InChI=1S/C9H19O4P/c1-5-9(6-2,7-14(10)11)8(12-3)13-4/h8H,5-7H2,1-4H3. The average Bonchev–Trinajstić information content (AvgIpc) is 2.17. The summed E-state index contributed by atoms with van der Waals surface area (Å²) in [5.74, 6) is 0. The number of rotatable bonds is 7. The van der Waals surface area contributed by atoms with E-state index in [-0.39, 0.29) is 6.16 Å². The van der Waals surface area contributed by atoms with Gasteiger partial charge in [-0.25, -0.2) is 0 Å². The van der Waals surface area contributed by atoms with Crippen LogP contribution in [0, 0.1) is 5.41 Å². The Hall–Kier alpha value is -0.0200. The molecule has 0 aliphatic heterocycles. The lowest BCUT2D eigenvalue weighted by atomic mass is 9.83. The fourth-order valence-corrected chi connectivity index (χ4v) is 2.85. The number of ether oxygens (including phenoxy) is 2. The van der Waals surface area contributed by atoms with Crippen LogP contribution in [0.25, 0.3) is 0 Å². The van der Waals surface area contributed by atoms with Crippen LogP contribution in [0.1, 0.15) is 26.7 Å². The van der Waals surface area contributed by atoms with Crippen molar-refractivity contribution in [2.75, 3.05) is 20.4 Å². The third-order valence-corrected chi connectivity index (χ3v) is 3.67. The largest absolute Gasteiger partial charge is 0.596 e. The monoisotopic (exact) mass is 222 g/mol. The highest BCUT2D eigenvalue weighted by atomic mass is 31.1. The minimum atomic E-state index is -2.40. The van der Waals surface area contributed by atoms with Crippen molar-refractivity contribution in [1.29, 1.82) is 0 Å². The summed E-state index contributed by atoms with van der Waals surface area (Å²) in [7, 11) is 0.664. The van der Waals surface area contributed by atoms with Gasteiger partial charge in [-0.3, -0.25) is 0 Å². The van der Waals surface area contributed by atoms with Gasteiger partial charge in [0.05, 0.1) is 5.41 Å². The first-order valence-electron chi connectivity index (χ1n) is 4.73. The van der Waals surface area contributed by atoms with Gasteiger partial charge < -0.3 is 14.4 Å². The summed E-state index contributed by atoms with van der Waals surface area (Å²) in [6.07, 6.45) is 1.10. The third-order valence-electron chi connectivity index (χ3n) is 2.78. The molecule has 84 valence electrons. The maximum absolute atomic E-state index is 10.8. The first-order chi connectivity index (χ1) is 6.56. The number of methoxy groups -OCH3 is 2. The molecule has 1 unspecified atom stereocenters. The SMILES string of the molecule is CCC(CC)(C[P+](=O)[O-])C(OC)OC. The van der Waals surface area contributed by atoms with Gasteiger partial charge in [0.25, 0.3) is 0 Å². The van der Waals surface area contributed by atoms with E-state index in [0.717, 1.165) is 12.8 Å². The zero-order valence-electron chi connectivity index (χ0n) is 9.28. The Morgan fingerprint density at radius 2 is 1.71 bits per heavy atom. The lowest BCUT2D eigenvalue weighted by Gasteiger charge is -2.34. The molecule has 0 saturated carbocycles. The van der Waals surface area contributed by atoms with Gasteiger partial charge in [-0.15, -0.1) is 0 Å². The maximum Gasteiger partial charge on any atom is 0.309 e. The van der Waals surface area contributed by atoms with Gasteiger partial charge >= 0.3 is 8.03 Å². The van der Waals surface area contributed by atoms with Crippen LogP contribution in [0.15, 0.2) is 0 Å². The van der Waals surface area contributed by atoms with Crippen LogP contribution in [0.5, 0.6) is 0 Å². The molecule has 0 aliphatic rings. The average molecular weight is 222 g/mol. The fourth-order valence-electron chi connectivity index (χ4n) is 1.73. The maximum atomic E-state index is 10.8. The van der Waals surface area contributed by atoms with Crippen molar-refractivity contribution >= 4 is 8.03 Å². The second kappa shape index (κ2) is 6.46. The van der Waals surface area contributed by atoms with E-state index in [9.17, 15) is 9.46 Å². The summed E-state index contributed by atoms with van der Waals surface area (Å²) in [6.45, 7) is 3.90. The van der Waals surface area contributed by atoms with Crippen LogP contribution in [-0.2, 0) is 14.0 Å². The minimum absolute atomic E-state index is 0.113. The van der Waals surface area contributed by atoms with Gasteiger partial charge in [0.15, 0.2) is 12.5 Å². The predicted octanol–water partition coefficient (Wildman–Crippen LogP) is 1.51. The Kier molecular flexibility index (Phi) is 6.45. The molecule has 4 nitrogen and oxygen atoms in total. The quantitative estimate of drug-likeness (QED) is 0.484. The van der Waals surface area contributed by atoms with Crippen molar-refractivity contribution in [3.05, 3.63) is 0 Å². The van der Waals surface area contributed by atoms with Crippen LogP contribution >= 0.6 is 8.03 Å². The van der Waals surface area contributed by atoms with Crippen molar-refractivity contribution in [2.45, 2.75) is 33.0 Å². The zero-order valence-corrected chi connectivity index (χ0v) is 10.2. The summed E-state index contributed by atoms with van der Waals surface area (Å²) in [5.41, 5.74) is -0.418. The number of hydrogen-bond donors (Lipinski definition) is 0.